The molecule has 1 amide bonds. The van der Waals surface area contributed by atoms with Crippen molar-refractivity contribution in [3.63, 3.8) is 0 Å². The molecule has 0 aliphatic carbocycles. The average molecular weight is 393 g/mol. The number of hydrogen-bond acceptors (Lipinski definition) is 5. The van der Waals surface area contributed by atoms with E-state index in [1.54, 1.807) is 11.8 Å². The minimum absolute atomic E-state index is 0.00312. The summed E-state index contributed by atoms with van der Waals surface area (Å²) in [7, 11) is 1.84. The zero-order chi connectivity index (χ0) is 20.2. The molecule has 0 spiro atoms. The molecule has 0 N–H and O–H groups in total. The monoisotopic (exact) mass is 393 g/mol. The molecule has 29 heavy (non-hydrogen) atoms. The lowest BCUT2D eigenvalue weighted by atomic mass is 9.99. The van der Waals surface area contributed by atoms with Gasteiger partial charge >= 0.3 is 0 Å². The van der Waals surface area contributed by atoms with Gasteiger partial charge in [0, 0.05) is 39.5 Å². The minimum atomic E-state index is -0.243. The maximum atomic E-state index is 12.3. The third kappa shape index (κ3) is 4.16. The molecule has 0 radical (unpaired) electrons. The summed E-state index contributed by atoms with van der Waals surface area (Å²) in [5, 5.41) is 8.74. The van der Waals surface area contributed by atoms with E-state index in [1.807, 2.05) is 42.1 Å². The Morgan fingerprint density at radius 3 is 2.52 bits per heavy atom. The van der Waals surface area contributed by atoms with Crippen LogP contribution in [0.2, 0.25) is 0 Å². The van der Waals surface area contributed by atoms with E-state index in [-0.39, 0.29) is 18.1 Å². The molecule has 7 heteroatoms. The van der Waals surface area contributed by atoms with Crippen molar-refractivity contribution in [1.29, 1.82) is 0 Å². The molecular weight excluding hydrogens is 366 g/mol. The predicted molar refractivity (Wildman–Crippen MR) is 111 cm³/mol. The normalized spacial score (nSPS) is 17.2. The first-order valence-electron chi connectivity index (χ1n) is 10.0. The van der Waals surface area contributed by atoms with Gasteiger partial charge in [-0.05, 0) is 17.7 Å². The summed E-state index contributed by atoms with van der Waals surface area (Å²) in [4.78, 5) is 16.5. The predicted octanol–water partition coefficient (Wildman–Crippen LogP) is 2.87. The maximum absolute atomic E-state index is 12.3. The quantitative estimate of drug-likeness (QED) is 0.644. The highest BCUT2D eigenvalue weighted by Gasteiger charge is 2.30. The summed E-state index contributed by atoms with van der Waals surface area (Å²) in [6, 6.07) is 18.5. The molecule has 2 atom stereocenters. The Morgan fingerprint density at radius 1 is 1.10 bits per heavy atom. The molecule has 1 fully saturated rings. The second kappa shape index (κ2) is 8.71. The van der Waals surface area contributed by atoms with Gasteiger partial charge in [-0.25, -0.2) is 4.68 Å². The van der Waals surface area contributed by atoms with Crippen LogP contribution in [-0.4, -0.2) is 64.1 Å². The summed E-state index contributed by atoms with van der Waals surface area (Å²) in [5.74, 6) is 0.00312. The summed E-state index contributed by atoms with van der Waals surface area (Å²) >= 11 is 0. The first-order chi connectivity index (χ1) is 14.1. The van der Waals surface area contributed by atoms with Crippen molar-refractivity contribution >= 4 is 16.9 Å². The number of amides is 1. The van der Waals surface area contributed by atoms with E-state index in [0.29, 0.717) is 6.42 Å². The van der Waals surface area contributed by atoms with Gasteiger partial charge in [0.25, 0.3) is 0 Å². The first-order valence-corrected chi connectivity index (χ1v) is 10.0. The third-order valence-corrected chi connectivity index (χ3v) is 5.71. The maximum Gasteiger partial charge on any atom is 0.220 e. The van der Waals surface area contributed by atoms with Crippen molar-refractivity contribution in [2.24, 2.45) is 0 Å². The second-order valence-electron chi connectivity index (χ2n) is 7.44. The zero-order valence-electron chi connectivity index (χ0n) is 16.9. The van der Waals surface area contributed by atoms with Gasteiger partial charge in [-0.15, -0.1) is 5.10 Å². The number of morpholine rings is 1. The van der Waals surface area contributed by atoms with Gasteiger partial charge in [0.1, 0.15) is 11.7 Å². The Kier molecular flexibility index (Phi) is 5.87. The molecule has 2 unspecified atom stereocenters. The molecule has 1 aromatic heterocycles. The van der Waals surface area contributed by atoms with Crippen LogP contribution in [0, 0.1) is 0 Å². The number of para-hydroxylation sites is 1. The highest BCUT2D eigenvalue weighted by Crippen LogP contribution is 2.33. The van der Waals surface area contributed by atoms with Crippen LogP contribution >= 0.6 is 0 Å². The second-order valence-corrected chi connectivity index (χ2v) is 7.44. The van der Waals surface area contributed by atoms with E-state index in [9.17, 15) is 4.79 Å². The number of ether oxygens (including phenoxy) is 1. The fourth-order valence-corrected chi connectivity index (χ4v) is 4.00. The topological polar surface area (TPSA) is 63.5 Å². The van der Waals surface area contributed by atoms with Crippen LogP contribution in [0.3, 0.4) is 0 Å². The van der Waals surface area contributed by atoms with Crippen molar-refractivity contribution in [3.05, 3.63) is 60.2 Å². The van der Waals surface area contributed by atoms with Crippen molar-refractivity contribution < 1.29 is 9.53 Å². The lowest BCUT2D eigenvalue weighted by Gasteiger charge is -2.38. The van der Waals surface area contributed by atoms with Crippen molar-refractivity contribution in [2.45, 2.75) is 25.6 Å². The van der Waals surface area contributed by atoms with Crippen molar-refractivity contribution in [2.75, 3.05) is 33.4 Å². The number of carbonyl (C=O) groups excluding carboxylic acids is 1. The van der Waals surface area contributed by atoms with Gasteiger partial charge in [0.05, 0.1) is 18.7 Å². The Labute approximate surface area is 170 Å². The average Bonchev–Trinajstić information content (AvgIpc) is 3.19. The van der Waals surface area contributed by atoms with Gasteiger partial charge in [-0.2, -0.15) is 0 Å². The standard InChI is InChI=1S/C22H27N5O2/c1-17(28)25(2)22(27-20-11-7-6-10-19(20)23-24-27)16-21(18-8-4-3-5-9-18)26-12-14-29-15-13-26/h3-11,21-22H,12-16H2,1-2H3. The molecule has 2 aromatic carbocycles. The number of nitrogens with zero attached hydrogens (tertiary/aromatic N) is 5. The van der Waals surface area contributed by atoms with Crippen LogP contribution in [0.1, 0.15) is 31.1 Å². The van der Waals surface area contributed by atoms with E-state index >= 15 is 0 Å². The largest absolute Gasteiger partial charge is 0.379 e. The molecule has 152 valence electrons. The molecule has 3 aromatic rings. The minimum Gasteiger partial charge on any atom is -0.379 e. The highest BCUT2D eigenvalue weighted by molar-refractivity contribution is 5.75. The lowest BCUT2D eigenvalue weighted by Crippen LogP contribution is -2.42. The smallest absolute Gasteiger partial charge is 0.220 e. The Bertz CT molecular complexity index is 952. The van der Waals surface area contributed by atoms with E-state index in [2.05, 4.69) is 39.5 Å². The van der Waals surface area contributed by atoms with Gasteiger partial charge in [-0.3, -0.25) is 9.69 Å². The van der Waals surface area contributed by atoms with Crippen LogP contribution in [0.15, 0.2) is 54.6 Å². The Morgan fingerprint density at radius 2 is 1.79 bits per heavy atom. The van der Waals surface area contributed by atoms with Crippen LogP contribution in [0.25, 0.3) is 11.0 Å². The molecular formula is C22H27N5O2. The number of hydrogen-bond donors (Lipinski definition) is 0. The Hall–Kier alpha value is -2.77. The third-order valence-electron chi connectivity index (χ3n) is 5.71. The molecule has 4 rings (SSSR count). The summed E-state index contributed by atoms with van der Waals surface area (Å²) in [6.45, 7) is 4.78. The number of carbonyl (C=O) groups is 1. The van der Waals surface area contributed by atoms with Crippen LogP contribution < -0.4 is 0 Å². The van der Waals surface area contributed by atoms with E-state index in [4.69, 9.17) is 4.74 Å². The molecule has 1 aliphatic rings. The van der Waals surface area contributed by atoms with Gasteiger partial charge in [-0.1, -0.05) is 47.7 Å². The number of benzene rings is 2. The fraction of sp³-hybridized carbons (Fsp3) is 0.409. The number of fused-ring (bicyclic) bond motifs is 1. The van der Waals surface area contributed by atoms with Crippen LogP contribution in [0.5, 0.6) is 0 Å². The van der Waals surface area contributed by atoms with Crippen LogP contribution in [-0.2, 0) is 9.53 Å². The van der Waals surface area contributed by atoms with Gasteiger partial charge in [0.15, 0.2) is 0 Å². The summed E-state index contributed by atoms with van der Waals surface area (Å²) < 4.78 is 7.45. The number of aromatic nitrogens is 3. The fourth-order valence-electron chi connectivity index (χ4n) is 4.00. The summed E-state index contributed by atoms with van der Waals surface area (Å²) in [5.41, 5.74) is 3.00. The lowest BCUT2D eigenvalue weighted by molar-refractivity contribution is -0.132. The van der Waals surface area contributed by atoms with Crippen LogP contribution in [0.4, 0.5) is 0 Å². The molecule has 0 saturated carbocycles. The molecule has 2 heterocycles. The molecule has 0 bridgehead atoms. The molecule has 1 saturated heterocycles. The zero-order valence-corrected chi connectivity index (χ0v) is 16.9. The van der Waals surface area contributed by atoms with Crippen molar-refractivity contribution in [3.8, 4) is 0 Å². The highest BCUT2D eigenvalue weighted by atomic mass is 16.5. The van der Waals surface area contributed by atoms with E-state index < -0.39 is 0 Å². The molecule has 7 nitrogen and oxygen atoms in total. The molecule has 1 aliphatic heterocycles. The van der Waals surface area contributed by atoms with E-state index in [1.165, 1.54) is 5.56 Å². The SMILES string of the molecule is CC(=O)N(C)C(CC(c1ccccc1)N1CCOCC1)n1nnc2ccccc21. The van der Waals surface area contributed by atoms with Gasteiger partial charge < -0.3 is 9.64 Å². The first kappa shape index (κ1) is 19.5. The number of rotatable bonds is 6. The van der Waals surface area contributed by atoms with Crippen molar-refractivity contribution in [1.82, 2.24) is 24.8 Å². The Balaban J connectivity index is 1.73. The van der Waals surface area contributed by atoms with E-state index in [0.717, 1.165) is 37.3 Å². The summed E-state index contributed by atoms with van der Waals surface area (Å²) in [6.07, 6.45) is 0.473. The van der Waals surface area contributed by atoms with Gasteiger partial charge in [0.2, 0.25) is 5.91 Å².